The third kappa shape index (κ3) is 6.20. The van der Waals surface area contributed by atoms with Gasteiger partial charge in [-0.1, -0.05) is 36.4 Å². The van der Waals surface area contributed by atoms with Crippen LogP contribution >= 0.6 is 0 Å². The second kappa shape index (κ2) is 11.5. The van der Waals surface area contributed by atoms with Gasteiger partial charge in [-0.2, -0.15) is 0 Å². The van der Waals surface area contributed by atoms with E-state index >= 15 is 0 Å². The number of sulfonamides is 1. The van der Waals surface area contributed by atoms with Crippen LogP contribution < -0.4 is 23.8 Å². The number of hydrogen-bond donors (Lipinski definition) is 1. The van der Waals surface area contributed by atoms with E-state index in [0.29, 0.717) is 28.7 Å². The predicted molar refractivity (Wildman–Crippen MR) is 142 cm³/mol. The lowest BCUT2D eigenvalue weighted by Gasteiger charge is -2.25. The molecule has 0 aliphatic heterocycles. The van der Waals surface area contributed by atoms with Crippen molar-refractivity contribution in [2.24, 2.45) is 0 Å². The molecule has 0 unspecified atom stereocenters. The lowest BCUT2D eigenvalue weighted by atomic mass is 10.2. The number of carbonyl (C=O) groups excluding carboxylic acids is 1. The van der Waals surface area contributed by atoms with Gasteiger partial charge in [0.1, 0.15) is 18.0 Å². The maximum atomic E-state index is 13.6. The number of amides is 1. The summed E-state index contributed by atoms with van der Waals surface area (Å²) in [7, 11) is -1.13. The molecule has 1 N–H and O–H groups in total. The van der Waals surface area contributed by atoms with Gasteiger partial charge < -0.3 is 19.5 Å². The quantitative estimate of drug-likeness (QED) is 0.305. The summed E-state index contributed by atoms with van der Waals surface area (Å²) >= 11 is 0. The highest BCUT2D eigenvalue weighted by Crippen LogP contribution is 2.34. The molecule has 1 amide bonds. The Kier molecular flexibility index (Phi) is 7.95. The number of benzene rings is 4. The summed E-state index contributed by atoms with van der Waals surface area (Å²) in [4.78, 5) is 13.1. The van der Waals surface area contributed by atoms with Gasteiger partial charge in [-0.25, -0.2) is 8.42 Å². The number of methoxy groups -OCH3 is 2. The van der Waals surface area contributed by atoms with E-state index in [1.165, 1.54) is 32.4 Å². The summed E-state index contributed by atoms with van der Waals surface area (Å²) in [6.45, 7) is -0.463. The van der Waals surface area contributed by atoms with E-state index in [-0.39, 0.29) is 10.6 Å². The van der Waals surface area contributed by atoms with Crippen molar-refractivity contribution in [2.45, 2.75) is 4.90 Å². The lowest BCUT2D eigenvalue weighted by molar-refractivity contribution is -0.114. The Bertz CT molecular complexity index is 1440. The van der Waals surface area contributed by atoms with E-state index in [0.717, 1.165) is 4.31 Å². The fourth-order valence-electron chi connectivity index (χ4n) is 3.58. The van der Waals surface area contributed by atoms with Crippen LogP contribution in [0.25, 0.3) is 0 Å². The highest BCUT2D eigenvalue weighted by atomic mass is 32.2. The normalized spacial score (nSPS) is 10.9. The van der Waals surface area contributed by atoms with Crippen molar-refractivity contribution in [3.05, 3.63) is 103 Å². The third-order valence-corrected chi connectivity index (χ3v) is 7.18. The number of nitrogens with one attached hydrogen (secondary N) is 1. The van der Waals surface area contributed by atoms with Crippen LogP contribution in [-0.4, -0.2) is 35.1 Å². The number of carbonyl (C=O) groups is 1. The second-order valence-corrected chi connectivity index (χ2v) is 9.71. The molecule has 9 heteroatoms. The lowest BCUT2D eigenvalue weighted by Crippen LogP contribution is -2.38. The van der Waals surface area contributed by atoms with Gasteiger partial charge in [0, 0.05) is 11.8 Å². The van der Waals surface area contributed by atoms with Gasteiger partial charge in [-0.3, -0.25) is 9.10 Å². The molecule has 0 radical (unpaired) electrons. The van der Waals surface area contributed by atoms with Gasteiger partial charge in [0.05, 0.1) is 24.8 Å². The van der Waals surface area contributed by atoms with E-state index in [4.69, 9.17) is 14.2 Å². The minimum Gasteiger partial charge on any atom is -0.493 e. The van der Waals surface area contributed by atoms with Crippen molar-refractivity contribution < 1.29 is 27.4 Å². The van der Waals surface area contributed by atoms with Gasteiger partial charge in [0.25, 0.3) is 10.0 Å². The van der Waals surface area contributed by atoms with Crippen LogP contribution in [0.2, 0.25) is 0 Å². The molecule has 0 bridgehead atoms. The first kappa shape index (κ1) is 25.6. The number of nitrogens with zero attached hydrogens (tertiary/aromatic N) is 1. The van der Waals surface area contributed by atoms with Crippen molar-refractivity contribution in [3.63, 3.8) is 0 Å². The molecular weight excluding hydrogens is 492 g/mol. The van der Waals surface area contributed by atoms with Crippen LogP contribution in [0, 0.1) is 0 Å². The van der Waals surface area contributed by atoms with Gasteiger partial charge in [0.2, 0.25) is 5.91 Å². The zero-order chi connectivity index (χ0) is 26.3. The molecule has 0 heterocycles. The minimum atomic E-state index is -4.07. The fourth-order valence-corrected chi connectivity index (χ4v) is 5.01. The number of anilines is 2. The SMILES string of the molecule is COc1ccc(N(CC(=O)Nc2ccc(Oc3ccccc3)cc2)S(=O)(=O)c2ccccc2)cc1OC. The molecular formula is C28H26N2O6S. The Morgan fingerprint density at radius 2 is 1.35 bits per heavy atom. The first-order valence-corrected chi connectivity index (χ1v) is 12.8. The molecule has 4 rings (SSSR count). The van der Waals surface area contributed by atoms with Gasteiger partial charge in [-0.15, -0.1) is 0 Å². The van der Waals surface area contributed by atoms with E-state index in [1.807, 2.05) is 30.3 Å². The zero-order valence-electron chi connectivity index (χ0n) is 20.3. The smallest absolute Gasteiger partial charge is 0.264 e. The first-order chi connectivity index (χ1) is 17.9. The van der Waals surface area contributed by atoms with Gasteiger partial charge in [-0.05, 0) is 60.7 Å². The molecule has 4 aromatic rings. The summed E-state index contributed by atoms with van der Waals surface area (Å²) in [5.74, 6) is 1.54. The predicted octanol–water partition coefficient (Wildman–Crippen LogP) is 5.33. The molecule has 0 spiro atoms. The van der Waals surface area contributed by atoms with E-state index in [1.54, 1.807) is 54.6 Å². The molecule has 8 nitrogen and oxygen atoms in total. The molecule has 0 saturated carbocycles. The Morgan fingerprint density at radius 1 is 0.757 bits per heavy atom. The maximum absolute atomic E-state index is 13.6. The van der Waals surface area contributed by atoms with E-state index in [9.17, 15) is 13.2 Å². The van der Waals surface area contributed by atoms with Crippen LogP contribution in [0.1, 0.15) is 0 Å². The Morgan fingerprint density at radius 3 is 1.97 bits per heavy atom. The largest absolute Gasteiger partial charge is 0.493 e. The summed E-state index contributed by atoms with van der Waals surface area (Å²) in [5.41, 5.74) is 0.748. The average molecular weight is 519 g/mol. The Balaban J connectivity index is 1.56. The number of rotatable bonds is 10. The van der Waals surface area contributed by atoms with Crippen LogP contribution in [0.15, 0.2) is 108 Å². The molecule has 190 valence electrons. The Labute approximate surface area is 216 Å². The minimum absolute atomic E-state index is 0.0556. The molecule has 4 aromatic carbocycles. The Hall–Kier alpha value is -4.50. The van der Waals surface area contributed by atoms with Gasteiger partial charge in [0.15, 0.2) is 11.5 Å². The van der Waals surface area contributed by atoms with E-state index < -0.39 is 22.5 Å². The standard InChI is InChI=1S/C28H26N2O6S/c1-34-26-18-15-22(19-27(26)35-2)30(37(32,33)25-11-7-4-8-12-25)20-28(31)29-21-13-16-24(17-14-21)36-23-9-5-3-6-10-23/h3-19H,20H2,1-2H3,(H,29,31). The molecule has 0 aromatic heterocycles. The van der Waals surface area contributed by atoms with Gasteiger partial charge >= 0.3 is 0 Å². The summed E-state index contributed by atoms with van der Waals surface area (Å²) < 4.78 is 44.5. The molecule has 37 heavy (non-hydrogen) atoms. The highest BCUT2D eigenvalue weighted by molar-refractivity contribution is 7.92. The van der Waals surface area contributed by atoms with Crippen molar-refractivity contribution in [2.75, 3.05) is 30.4 Å². The molecule has 0 aliphatic rings. The van der Waals surface area contributed by atoms with Crippen molar-refractivity contribution in [1.82, 2.24) is 0 Å². The summed E-state index contributed by atoms with van der Waals surface area (Å²) in [6.07, 6.45) is 0. The molecule has 0 fully saturated rings. The number of hydrogen-bond acceptors (Lipinski definition) is 6. The van der Waals surface area contributed by atoms with Crippen LogP contribution in [0.5, 0.6) is 23.0 Å². The average Bonchev–Trinajstić information content (AvgIpc) is 2.93. The molecule has 0 aliphatic carbocycles. The van der Waals surface area contributed by atoms with E-state index in [2.05, 4.69) is 5.32 Å². The number of ether oxygens (including phenoxy) is 3. The zero-order valence-corrected chi connectivity index (χ0v) is 21.1. The maximum Gasteiger partial charge on any atom is 0.264 e. The van der Waals surface area contributed by atoms with Crippen molar-refractivity contribution in [1.29, 1.82) is 0 Å². The van der Waals surface area contributed by atoms with Crippen LogP contribution in [0.4, 0.5) is 11.4 Å². The molecule has 0 saturated heterocycles. The number of para-hydroxylation sites is 1. The summed E-state index contributed by atoms with van der Waals surface area (Å²) in [5, 5.41) is 2.75. The second-order valence-electron chi connectivity index (χ2n) is 7.85. The topological polar surface area (TPSA) is 94.2 Å². The molecule has 0 atom stereocenters. The third-order valence-electron chi connectivity index (χ3n) is 5.39. The van der Waals surface area contributed by atoms with Crippen molar-refractivity contribution >= 4 is 27.3 Å². The fraction of sp³-hybridized carbons (Fsp3) is 0.107. The van der Waals surface area contributed by atoms with Crippen LogP contribution in [-0.2, 0) is 14.8 Å². The van der Waals surface area contributed by atoms with Crippen molar-refractivity contribution in [3.8, 4) is 23.0 Å². The monoisotopic (exact) mass is 518 g/mol. The highest BCUT2D eigenvalue weighted by Gasteiger charge is 2.28. The first-order valence-electron chi connectivity index (χ1n) is 11.3. The summed E-state index contributed by atoms with van der Waals surface area (Å²) in [6, 6.07) is 28.7. The van der Waals surface area contributed by atoms with Crippen LogP contribution in [0.3, 0.4) is 0 Å².